The molecule has 3 atom stereocenters. The Kier molecular flexibility index (Phi) is 16.1. The number of unbranched alkanes of at least 4 members (excludes halogenated alkanes) is 12. The van der Waals surface area contributed by atoms with Gasteiger partial charge >= 0.3 is 11.9 Å². The Bertz CT molecular complexity index is 1200. The van der Waals surface area contributed by atoms with E-state index in [1.807, 2.05) is 43.3 Å². The van der Waals surface area contributed by atoms with Gasteiger partial charge in [0.25, 0.3) is 0 Å². The van der Waals surface area contributed by atoms with E-state index in [9.17, 15) is 9.59 Å². The number of benzene rings is 2. The fraction of sp³-hybridized carbons (Fsp3) is 0.550. The Morgan fingerprint density at radius 2 is 1.36 bits per heavy atom. The van der Waals surface area contributed by atoms with Gasteiger partial charge in [-0.05, 0) is 67.7 Å². The molecule has 0 radical (unpaired) electrons. The third kappa shape index (κ3) is 11.9. The minimum Gasteiger partial charge on any atom is -0.459 e. The van der Waals surface area contributed by atoms with E-state index in [1.54, 1.807) is 36.4 Å². The van der Waals surface area contributed by atoms with Gasteiger partial charge in [0.1, 0.15) is 17.3 Å². The summed E-state index contributed by atoms with van der Waals surface area (Å²) >= 11 is 0. The minimum atomic E-state index is -1.52. The summed E-state index contributed by atoms with van der Waals surface area (Å²) < 4.78 is 27.5. The average Bonchev–Trinajstić information content (AvgIpc) is 3.05. The van der Waals surface area contributed by atoms with Crippen LogP contribution in [-0.4, -0.2) is 24.2 Å². The molecule has 1 aliphatic carbocycles. The van der Waals surface area contributed by atoms with Crippen molar-refractivity contribution in [3.8, 4) is 5.75 Å². The highest BCUT2D eigenvalue weighted by molar-refractivity contribution is 5.90. The lowest BCUT2D eigenvalue weighted by atomic mass is 9.74. The Morgan fingerprint density at radius 1 is 0.778 bits per heavy atom. The Balaban J connectivity index is 1.61. The molecule has 0 amide bonds. The predicted octanol–water partition coefficient (Wildman–Crippen LogP) is 11.4. The minimum absolute atomic E-state index is 0.161. The number of esters is 2. The summed E-state index contributed by atoms with van der Waals surface area (Å²) in [5, 5.41) is 0. The summed E-state index contributed by atoms with van der Waals surface area (Å²) in [5.74, 6) is -0.725. The molecule has 4 nitrogen and oxygen atoms in total. The number of carbonyl (C=O) groups excluding carboxylic acids is 2. The van der Waals surface area contributed by atoms with Crippen LogP contribution in [0.15, 0.2) is 72.8 Å². The highest BCUT2D eigenvalue weighted by atomic mass is 19.1. The number of ether oxygens (including phenoxy) is 2. The van der Waals surface area contributed by atoms with Crippen LogP contribution in [0.4, 0.5) is 4.39 Å². The van der Waals surface area contributed by atoms with Crippen molar-refractivity contribution >= 4 is 17.5 Å². The molecule has 3 rings (SSSR count). The number of rotatable bonds is 21. The molecule has 0 N–H and O–H groups in total. The van der Waals surface area contributed by atoms with Crippen molar-refractivity contribution in [3.05, 3.63) is 84.0 Å². The summed E-state index contributed by atoms with van der Waals surface area (Å²) in [6.07, 6.45) is 20.8. The maximum absolute atomic E-state index is 16.1. The van der Waals surface area contributed by atoms with Crippen LogP contribution in [0, 0.1) is 5.41 Å². The van der Waals surface area contributed by atoms with E-state index in [1.165, 1.54) is 57.8 Å². The smallest absolute Gasteiger partial charge is 0.338 e. The van der Waals surface area contributed by atoms with Crippen molar-refractivity contribution in [2.24, 2.45) is 5.41 Å². The second kappa shape index (κ2) is 20.0. The zero-order chi connectivity index (χ0) is 32.3. The van der Waals surface area contributed by atoms with Crippen molar-refractivity contribution in [1.82, 2.24) is 0 Å². The standard InChI is InChI=1S/C40H55FO4/c1-4-6-8-10-11-12-13-14-15-20-29-40(30-28-35(31-37(40)41)33-22-18-16-19-23-33)39(43)45-36-26-24-34(25-27-36)38(42)44-32(3)21-17-9-7-5-2/h16,18-19,22-28,30-32,37H,4-15,17,20-21,29H2,1-3H3. The number of hydrogen-bond acceptors (Lipinski definition) is 4. The number of carbonyl (C=O) groups is 2. The first-order valence-electron chi connectivity index (χ1n) is 17.5. The molecular formula is C40H55FO4. The largest absolute Gasteiger partial charge is 0.459 e. The van der Waals surface area contributed by atoms with Crippen molar-refractivity contribution in [2.45, 2.75) is 136 Å². The number of halogens is 1. The summed E-state index contributed by atoms with van der Waals surface area (Å²) in [7, 11) is 0. The van der Waals surface area contributed by atoms with Crippen LogP contribution in [0.3, 0.4) is 0 Å². The third-order valence-corrected chi connectivity index (χ3v) is 8.88. The fourth-order valence-electron chi connectivity index (χ4n) is 5.95. The molecule has 3 unspecified atom stereocenters. The van der Waals surface area contributed by atoms with E-state index < -0.39 is 23.5 Å². The molecular weight excluding hydrogens is 563 g/mol. The number of alkyl halides is 1. The molecule has 2 aromatic carbocycles. The van der Waals surface area contributed by atoms with Crippen LogP contribution < -0.4 is 4.74 Å². The molecule has 0 aliphatic heterocycles. The topological polar surface area (TPSA) is 52.6 Å². The second-order valence-electron chi connectivity index (χ2n) is 12.7. The van der Waals surface area contributed by atoms with Crippen molar-refractivity contribution in [2.75, 3.05) is 0 Å². The van der Waals surface area contributed by atoms with E-state index in [-0.39, 0.29) is 11.9 Å². The highest BCUT2D eigenvalue weighted by Crippen LogP contribution is 2.41. The molecule has 0 bridgehead atoms. The summed E-state index contributed by atoms with van der Waals surface area (Å²) in [6, 6.07) is 16.0. The third-order valence-electron chi connectivity index (χ3n) is 8.88. The van der Waals surface area contributed by atoms with E-state index in [0.29, 0.717) is 12.0 Å². The van der Waals surface area contributed by atoms with Crippen LogP contribution in [0.25, 0.3) is 5.57 Å². The number of hydrogen-bond donors (Lipinski definition) is 0. The number of allylic oxidation sites excluding steroid dienone is 3. The normalized spacial score (nSPS) is 18.3. The summed E-state index contributed by atoms with van der Waals surface area (Å²) in [6.45, 7) is 6.32. The van der Waals surface area contributed by atoms with Gasteiger partial charge < -0.3 is 9.47 Å². The Morgan fingerprint density at radius 3 is 1.96 bits per heavy atom. The van der Waals surface area contributed by atoms with Gasteiger partial charge in [-0.25, -0.2) is 9.18 Å². The molecule has 45 heavy (non-hydrogen) atoms. The molecule has 1 aliphatic rings. The fourth-order valence-corrected chi connectivity index (χ4v) is 5.95. The monoisotopic (exact) mass is 618 g/mol. The van der Waals surface area contributed by atoms with Gasteiger partial charge in [0.05, 0.1) is 11.7 Å². The summed E-state index contributed by atoms with van der Waals surface area (Å²) in [4.78, 5) is 26.4. The lowest BCUT2D eigenvalue weighted by Gasteiger charge is -2.33. The molecule has 246 valence electrons. The molecule has 0 heterocycles. The van der Waals surface area contributed by atoms with Gasteiger partial charge in [-0.3, -0.25) is 4.79 Å². The van der Waals surface area contributed by atoms with E-state index in [2.05, 4.69) is 13.8 Å². The van der Waals surface area contributed by atoms with E-state index in [0.717, 1.165) is 49.7 Å². The quantitative estimate of drug-likeness (QED) is 0.0793. The van der Waals surface area contributed by atoms with Crippen LogP contribution in [0.2, 0.25) is 0 Å². The molecule has 0 spiro atoms. The lowest BCUT2D eigenvalue weighted by Crippen LogP contribution is -2.42. The van der Waals surface area contributed by atoms with E-state index >= 15 is 4.39 Å². The van der Waals surface area contributed by atoms with Crippen molar-refractivity contribution in [1.29, 1.82) is 0 Å². The predicted molar refractivity (Wildman–Crippen MR) is 183 cm³/mol. The molecule has 5 heteroatoms. The van der Waals surface area contributed by atoms with Crippen molar-refractivity contribution < 1.29 is 23.5 Å². The second-order valence-corrected chi connectivity index (χ2v) is 12.7. The van der Waals surface area contributed by atoms with Crippen LogP contribution in [0.1, 0.15) is 139 Å². The first kappa shape index (κ1) is 36.3. The van der Waals surface area contributed by atoms with Gasteiger partial charge in [0, 0.05) is 0 Å². The zero-order valence-corrected chi connectivity index (χ0v) is 27.9. The lowest BCUT2D eigenvalue weighted by molar-refractivity contribution is -0.146. The maximum Gasteiger partial charge on any atom is 0.338 e. The van der Waals surface area contributed by atoms with Crippen LogP contribution in [0.5, 0.6) is 5.75 Å². The van der Waals surface area contributed by atoms with Gasteiger partial charge in [-0.1, -0.05) is 140 Å². The summed E-state index contributed by atoms with van der Waals surface area (Å²) in [5.41, 5.74) is 0.669. The van der Waals surface area contributed by atoms with E-state index in [4.69, 9.17) is 9.47 Å². The van der Waals surface area contributed by atoms with Gasteiger partial charge in [0.2, 0.25) is 0 Å². The first-order chi connectivity index (χ1) is 21.9. The molecule has 2 aromatic rings. The van der Waals surface area contributed by atoms with Crippen LogP contribution >= 0.6 is 0 Å². The zero-order valence-electron chi connectivity index (χ0n) is 27.9. The molecule has 0 saturated carbocycles. The Labute approximate surface area is 271 Å². The first-order valence-corrected chi connectivity index (χ1v) is 17.5. The van der Waals surface area contributed by atoms with Gasteiger partial charge in [0.15, 0.2) is 0 Å². The van der Waals surface area contributed by atoms with Gasteiger partial charge in [-0.15, -0.1) is 0 Å². The van der Waals surface area contributed by atoms with Gasteiger partial charge in [-0.2, -0.15) is 0 Å². The van der Waals surface area contributed by atoms with Crippen molar-refractivity contribution in [3.63, 3.8) is 0 Å². The average molecular weight is 619 g/mol. The maximum atomic E-state index is 16.1. The highest BCUT2D eigenvalue weighted by Gasteiger charge is 2.46. The SMILES string of the molecule is CCCCCCCCCCCCC1(C(=O)Oc2ccc(C(=O)OC(C)CCCCCC)cc2)C=CC(c2ccccc2)=CC1F. The molecule has 0 saturated heterocycles. The molecule has 0 fully saturated rings. The van der Waals surface area contributed by atoms with Crippen LogP contribution in [-0.2, 0) is 9.53 Å². The molecule has 0 aromatic heterocycles. The Hall–Kier alpha value is -3.21.